The highest BCUT2D eigenvalue weighted by Crippen LogP contribution is 2.25. The first-order chi connectivity index (χ1) is 7.41. The van der Waals surface area contributed by atoms with Crippen LogP contribution in [0.2, 0.25) is 0 Å². The fraction of sp³-hybridized carbons (Fsp3) is 0.750. The molecule has 0 aromatic heterocycles. The summed E-state index contributed by atoms with van der Waals surface area (Å²) in [6.45, 7) is 9.12. The van der Waals surface area contributed by atoms with Gasteiger partial charge in [0, 0.05) is 12.3 Å². The van der Waals surface area contributed by atoms with Crippen LogP contribution < -0.4 is 0 Å². The Morgan fingerprint density at radius 2 is 1.94 bits per heavy atom. The summed E-state index contributed by atoms with van der Waals surface area (Å²) in [4.78, 5) is 10.6. The lowest BCUT2D eigenvalue weighted by atomic mass is 9.95. The fourth-order valence-electron chi connectivity index (χ4n) is 1.34. The molecule has 0 bridgehead atoms. The van der Waals surface area contributed by atoms with Gasteiger partial charge < -0.3 is 14.2 Å². The summed E-state index contributed by atoms with van der Waals surface area (Å²) in [5, 5.41) is 0. The molecule has 0 amide bonds. The first-order valence-electron chi connectivity index (χ1n) is 5.44. The molecule has 0 aliphatic carbocycles. The molecule has 0 atom stereocenters. The van der Waals surface area contributed by atoms with Crippen molar-refractivity contribution in [3.8, 4) is 0 Å². The molecular weight excluding hydrogens is 208 g/mol. The van der Waals surface area contributed by atoms with E-state index >= 15 is 0 Å². The quantitative estimate of drug-likeness (QED) is 0.546. The summed E-state index contributed by atoms with van der Waals surface area (Å²) in [5.74, 6) is -0.282. The maximum Gasteiger partial charge on any atom is 0.302 e. The molecule has 4 nitrogen and oxygen atoms in total. The van der Waals surface area contributed by atoms with Gasteiger partial charge in [-0.15, -0.1) is 0 Å². The third-order valence-electron chi connectivity index (χ3n) is 2.31. The Labute approximate surface area is 96.6 Å². The van der Waals surface area contributed by atoms with Crippen LogP contribution >= 0.6 is 0 Å². The molecule has 0 aromatic carbocycles. The third-order valence-corrected chi connectivity index (χ3v) is 2.31. The molecule has 4 heteroatoms. The molecule has 1 heterocycles. The van der Waals surface area contributed by atoms with Crippen LogP contribution in [0, 0.1) is 5.41 Å². The van der Waals surface area contributed by atoms with Gasteiger partial charge in [-0.2, -0.15) is 0 Å². The summed E-state index contributed by atoms with van der Waals surface area (Å²) in [6, 6.07) is 0. The van der Waals surface area contributed by atoms with E-state index in [0.29, 0.717) is 13.2 Å². The second-order valence-corrected chi connectivity index (χ2v) is 4.87. The fourth-order valence-corrected chi connectivity index (χ4v) is 1.34. The van der Waals surface area contributed by atoms with Crippen molar-refractivity contribution in [2.24, 2.45) is 5.41 Å². The molecule has 0 radical (unpaired) electrons. The Kier molecular flexibility index (Phi) is 4.50. The van der Waals surface area contributed by atoms with Crippen molar-refractivity contribution in [1.82, 2.24) is 0 Å². The van der Waals surface area contributed by atoms with Gasteiger partial charge in [0.2, 0.25) is 0 Å². The van der Waals surface area contributed by atoms with E-state index < -0.39 is 0 Å². The SMILES string of the molecule is CC(=O)OCC=C(C)C1OCC(C)(C)CO1. The van der Waals surface area contributed by atoms with Crippen molar-refractivity contribution in [3.63, 3.8) is 0 Å². The van der Waals surface area contributed by atoms with Gasteiger partial charge in [-0.1, -0.05) is 13.8 Å². The predicted octanol–water partition coefficient (Wildman–Crippen LogP) is 1.89. The topological polar surface area (TPSA) is 44.8 Å². The van der Waals surface area contributed by atoms with Crippen LogP contribution in [-0.2, 0) is 19.0 Å². The van der Waals surface area contributed by atoms with Crippen molar-refractivity contribution >= 4 is 5.97 Å². The number of hydrogen-bond donors (Lipinski definition) is 0. The maximum atomic E-state index is 10.6. The third kappa shape index (κ3) is 4.33. The lowest BCUT2D eigenvalue weighted by Gasteiger charge is -2.34. The van der Waals surface area contributed by atoms with Crippen LogP contribution in [0.5, 0.6) is 0 Å². The number of ether oxygens (including phenoxy) is 3. The second kappa shape index (κ2) is 5.46. The monoisotopic (exact) mass is 228 g/mol. The van der Waals surface area contributed by atoms with Crippen LogP contribution in [-0.4, -0.2) is 32.1 Å². The van der Waals surface area contributed by atoms with Crippen molar-refractivity contribution in [2.75, 3.05) is 19.8 Å². The van der Waals surface area contributed by atoms with Gasteiger partial charge >= 0.3 is 5.97 Å². The number of hydrogen-bond acceptors (Lipinski definition) is 4. The average molecular weight is 228 g/mol. The molecule has 1 aliphatic heterocycles. The largest absolute Gasteiger partial charge is 0.462 e. The molecule has 1 rings (SSSR count). The summed E-state index contributed by atoms with van der Waals surface area (Å²) in [7, 11) is 0. The minimum atomic E-state index is -0.302. The summed E-state index contributed by atoms with van der Waals surface area (Å²) >= 11 is 0. The van der Waals surface area contributed by atoms with Crippen LogP contribution in [0.15, 0.2) is 11.6 Å². The first kappa shape index (κ1) is 13.2. The summed E-state index contributed by atoms with van der Waals surface area (Å²) < 4.78 is 16.0. The molecule has 16 heavy (non-hydrogen) atoms. The summed E-state index contributed by atoms with van der Waals surface area (Å²) in [6.07, 6.45) is 1.51. The molecule has 1 aliphatic rings. The zero-order valence-corrected chi connectivity index (χ0v) is 10.4. The summed E-state index contributed by atoms with van der Waals surface area (Å²) in [5.41, 5.74) is 1.02. The van der Waals surface area contributed by atoms with Crippen LogP contribution in [0.25, 0.3) is 0 Å². The van der Waals surface area contributed by atoms with Gasteiger partial charge in [0.1, 0.15) is 6.61 Å². The lowest BCUT2D eigenvalue weighted by Crippen LogP contribution is -2.38. The highest BCUT2D eigenvalue weighted by Gasteiger charge is 2.28. The van der Waals surface area contributed by atoms with Gasteiger partial charge in [-0.05, 0) is 18.6 Å². The van der Waals surface area contributed by atoms with Gasteiger partial charge in [-0.3, -0.25) is 4.79 Å². The zero-order valence-electron chi connectivity index (χ0n) is 10.4. The second-order valence-electron chi connectivity index (χ2n) is 4.87. The van der Waals surface area contributed by atoms with E-state index in [0.717, 1.165) is 5.57 Å². The Hall–Kier alpha value is -0.870. The van der Waals surface area contributed by atoms with E-state index in [2.05, 4.69) is 13.8 Å². The molecule has 0 aromatic rings. The Bertz CT molecular complexity index is 271. The number of carbonyl (C=O) groups is 1. The Balaban J connectivity index is 2.38. The van der Waals surface area contributed by atoms with E-state index in [1.807, 2.05) is 13.0 Å². The van der Waals surface area contributed by atoms with Crippen LogP contribution in [0.1, 0.15) is 27.7 Å². The average Bonchev–Trinajstić information content (AvgIpc) is 2.16. The smallest absolute Gasteiger partial charge is 0.302 e. The minimum Gasteiger partial charge on any atom is -0.462 e. The van der Waals surface area contributed by atoms with Gasteiger partial charge in [0.15, 0.2) is 6.29 Å². The minimum absolute atomic E-state index is 0.0761. The van der Waals surface area contributed by atoms with Crippen molar-refractivity contribution in [1.29, 1.82) is 0 Å². The molecule has 1 fully saturated rings. The Morgan fingerprint density at radius 3 is 2.44 bits per heavy atom. The molecule has 0 N–H and O–H groups in total. The number of carbonyl (C=O) groups excluding carboxylic acids is 1. The standard InChI is InChI=1S/C12H20O4/c1-9(5-6-14-10(2)13)11-15-7-12(3,4)8-16-11/h5,11H,6-8H2,1-4H3. The van der Waals surface area contributed by atoms with Gasteiger partial charge in [-0.25, -0.2) is 0 Å². The van der Waals surface area contributed by atoms with E-state index in [9.17, 15) is 4.79 Å². The number of rotatable bonds is 3. The Morgan fingerprint density at radius 1 is 1.38 bits per heavy atom. The molecule has 1 saturated heterocycles. The highest BCUT2D eigenvalue weighted by atomic mass is 16.7. The predicted molar refractivity (Wildman–Crippen MR) is 59.9 cm³/mol. The van der Waals surface area contributed by atoms with E-state index in [4.69, 9.17) is 14.2 Å². The molecule has 92 valence electrons. The van der Waals surface area contributed by atoms with Crippen molar-refractivity contribution in [3.05, 3.63) is 11.6 Å². The normalized spacial score (nSPS) is 21.9. The molecule has 0 unspecified atom stereocenters. The van der Waals surface area contributed by atoms with E-state index in [-0.39, 0.29) is 24.3 Å². The van der Waals surface area contributed by atoms with Crippen LogP contribution in [0.3, 0.4) is 0 Å². The van der Waals surface area contributed by atoms with Gasteiger partial charge in [0.25, 0.3) is 0 Å². The molecule has 0 saturated carbocycles. The van der Waals surface area contributed by atoms with Gasteiger partial charge in [0.05, 0.1) is 13.2 Å². The van der Waals surface area contributed by atoms with Crippen molar-refractivity contribution in [2.45, 2.75) is 34.0 Å². The molecular formula is C12H20O4. The van der Waals surface area contributed by atoms with Crippen LogP contribution in [0.4, 0.5) is 0 Å². The zero-order chi connectivity index (χ0) is 12.2. The first-order valence-corrected chi connectivity index (χ1v) is 5.44. The highest BCUT2D eigenvalue weighted by molar-refractivity contribution is 5.66. The maximum absolute atomic E-state index is 10.6. The van der Waals surface area contributed by atoms with E-state index in [1.165, 1.54) is 6.92 Å². The van der Waals surface area contributed by atoms with Crippen molar-refractivity contribution < 1.29 is 19.0 Å². The van der Waals surface area contributed by atoms with E-state index in [1.54, 1.807) is 0 Å². The number of esters is 1. The molecule has 0 spiro atoms. The lowest BCUT2D eigenvalue weighted by molar-refractivity contribution is -0.203.